The Hall–Kier alpha value is -2.85. The average molecular weight is 555 g/mol. The number of carbonyl (C=O) groups is 1. The summed E-state index contributed by atoms with van der Waals surface area (Å²) in [6.07, 6.45) is 7.22. The fourth-order valence-corrected chi connectivity index (χ4v) is 7.45. The molecule has 1 aliphatic rings. The van der Waals surface area contributed by atoms with Crippen molar-refractivity contribution in [3.05, 3.63) is 82.6 Å². The number of aromatic nitrogens is 2. The number of carbonyl (C=O) groups excluding carboxylic acids is 1. The minimum absolute atomic E-state index is 0.204. The van der Waals surface area contributed by atoms with E-state index in [1.54, 1.807) is 33.7 Å². The molecule has 0 spiro atoms. The lowest BCUT2D eigenvalue weighted by molar-refractivity contribution is 0.0985. The van der Waals surface area contributed by atoms with Crippen LogP contribution in [0, 0.1) is 6.92 Å². The summed E-state index contributed by atoms with van der Waals surface area (Å²) in [5.74, 6) is -0.273. The number of rotatable bonds is 6. The van der Waals surface area contributed by atoms with E-state index >= 15 is 0 Å². The highest BCUT2D eigenvalue weighted by molar-refractivity contribution is 7.89. The second kappa shape index (κ2) is 10.9. The fraction of sp³-hybridized carbons (Fsp3) is 0.296. The van der Waals surface area contributed by atoms with Crippen LogP contribution in [0.3, 0.4) is 0 Å². The lowest BCUT2D eigenvalue weighted by Gasteiger charge is -2.21. The summed E-state index contributed by atoms with van der Waals surface area (Å²) in [6.45, 7) is 3.27. The van der Waals surface area contributed by atoms with Crippen molar-refractivity contribution in [3.8, 4) is 0 Å². The highest BCUT2D eigenvalue weighted by atomic mass is 35.5. The maximum absolute atomic E-state index is 13.8. The van der Waals surface area contributed by atoms with Crippen molar-refractivity contribution in [1.82, 2.24) is 14.3 Å². The number of aryl methyl sites for hydroxylation is 1. The van der Waals surface area contributed by atoms with E-state index in [1.165, 1.54) is 23.5 Å². The second-order valence-corrected chi connectivity index (χ2v) is 12.5. The van der Waals surface area contributed by atoms with Crippen molar-refractivity contribution in [1.29, 1.82) is 0 Å². The van der Waals surface area contributed by atoms with Crippen molar-refractivity contribution < 1.29 is 13.2 Å². The molecule has 0 N–H and O–H groups in total. The van der Waals surface area contributed by atoms with Gasteiger partial charge in [0.2, 0.25) is 10.0 Å². The molecule has 1 aliphatic heterocycles. The van der Waals surface area contributed by atoms with Crippen LogP contribution in [0.5, 0.6) is 0 Å². The standard InChI is InChI=1S/C27H27ClN4O3S2/c1-19-15-22(28)16-24-25(19)30-27(36-24)32(18-20-7-6-12-29-17-20)26(33)21-8-10-23(11-9-21)37(34,35)31-13-4-2-3-5-14-31/h6-12,15-17H,2-5,13-14,18H2,1H3. The van der Waals surface area contributed by atoms with Crippen LogP contribution in [0.1, 0.15) is 47.2 Å². The molecule has 192 valence electrons. The Morgan fingerprint density at radius 1 is 1.08 bits per heavy atom. The van der Waals surface area contributed by atoms with Gasteiger partial charge in [-0.05, 0) is 73.4 Å². The van der Waals surface area contributed by atoms with Crippen molar-refractivity contribution in [2.24, 2.45) is 0 Å². The molecule has 0 saturated carbocycles. The summed E-state index contributed by atoms with van der Waals surface area (Å²) < 4.78 is 28.8. The van der Waals surface area contributed by atoms with Gasteiger partial charge >= 0.3 is 0 Å². The maximum Gasteiger partial charge on any atom is 0.260 e. The number of anilines is 1. The molecule has 0 radical (unpaired) electrons. The number of benzene rings is 2. The number of hydrogen-bond donors (Lipinski definition) is 0. The van der Waals surface area contributed by atoms with E-state index in [4.69, 9.17) is 16.6 Å². The molecule has 1 saturated heterocycles. The number of sulfonamides is 1. The van der Waals surface area contributed by atoms with Crippen LogP contribution in [-0.4, -0.2) is 41.7 Å². The monoisotopic (exact) mass is 554 g/mol. The Morgan fingerprint density at radius 3 is 2.49 bits per heavy atom. The van der Waals surface area contributed by atoms with Crippen molar-refractivity contribution in [2.45, 2.75) is 44.0 Å². The highest BCUT2D eigenvalue weighted by Gasteiger charge is 2.27. The van der Waals surface area contributed by atoms with Gasteiger partial charge in [0.05, 0.1) is 21.7 Å². The molecule has 0 bridgehead atoms. The zero-order chi connectivity index (χ0) is 26.0. The molecule has 0 atom stereocenters. The third-order valence-corrected chi connectivity index (χ3v) is 9.64. The molecule has 5 rings (SSSR count). The molecular weight excluding hydrogens is 528 g/mol. The van der Waals surface area contributed by atoms with Gasteiger partial charge in [-0.25, -0.2) is 13.4 Å². The van der Waals surface area contributed by atoms with E-state index in [9.17, 15) is 13.2 Å². The van der Waals surface area contributed by atoms with Gasteiger partial charge in [-0.2, -0.15) is 4.31 Å². The first-order chi connectivity index (χ1) is 17.8. The number of nitrogens with zero attached hydrogens (tertiary/aromatic N) is 4. The Labute approximate surface area is 225 Å². The first-order valence-corrected chi connectivity index (χ1v) is 14.8. The molecule has 3 heterocycles. The van der Waals surface area contributed by atoms with Gasteiger partial charge in [-0.15, -0.1) is 0 Å². The van der Waals surface area contributed by atoms with Gasteiger partial charge in [0, 0.05) is 36.1 Å². The normalized spacial score (nSPS) is 15.0. The van der Waals surface area contributed by atoms with Gasteiger partial charge in [0.1, 0.15) is 0 Å². The predicted octanol–water partition coefficient (Wildman–Crippen LogP) is 6.06. The molecule has 37 heavy (non-hydrogen) atoms. The Bertz CT molecular complexity index is 1510. The van der Waals surface area contributed by atoms with Crippen LogP contribution in [0.4, 0.5) is 5.13 Å². The Morgan fingerprint density at radius 2 is 1.81 bits per heavy atom. The first kappa shape index (κ1) is 25.8. The summed E-state index contributed by atoms with van der Waals surface area (Å²) in [5.41, 5.74) is 2.96. The zero-order valence-corrected chi connectivity index (χ0v) is 22.8. The molecule has 0 aliphatic carbocycles. The van der Waals surface area contributed by atoms with E-state index in [0.717, 1.165) is 47.0 Å². The van der Waals surface area contributed by atoms with Crippen LogP contribution < -0.4 is 4.90 Å². The van der Waals surface area contributed by atoms with Crippen LogP contribution >= 0.6 is 22.9 Å². The lowest BCUT2D eigenvalue weighted by Crippen LogP contribution is -2.32. The van der Waals surface area contributed by atoms with Gasteiger partial charge in [-0.3, -0.25) is 14.7 Å². The van der Waals surface area contributed by atoms with Gasteiger partial charge in [-0.1, -0.05) is 41.8 Å². The van der Waals surface area contributed by atoms with Crippen LogP contribution in [0.15, 0.2) is 65.8 Å². The summed E-state index contributed by atoms with van der Waals surface area (Å²) >= 11 is 7.65. The fourth-order valence-electron chi connectivity index (χ4n) is 4.52. The van der Waals surface area contributed by atoms with Gasteiger partial charge in [0.15, 0.2) is 5.13 Å². The van der Waals surface area contributed by atoms with Crippen LogP contribution in [0.25, 0.3) is 10.2 Å². The highest BCUT2D eigenvalue weighted by Crippen LogP contribution is 2.34. The number of hydrogen-bond acceptors (Lipinski definition) is 6. The van der Waals surface area contributed by atoms with E-state index in [0.29, 0.717) is 28.8 Å². The minimum Gasteiger partial charge on any atom is -0.279 e. The summed E-state index contributed by atoms with van der Waals surface area (Å²) in [7, 11) is -3.60. The Kier molecular flexibility index (Phi) is 7.57. The molecular formula is C27H27ClN4O3S2. The predicted molar refractivity (Wildman–Crippen MR) is 148 cm³/mol. The lowest BCUT2D eigenvalue weighted by atomic mass is 10.2. The van der Waals surface area contributed by atoms with E-state index in [2.05, 4.69) is 4.98 Å². The Balaban J connectivity index is 1.47. The maximum atomic E-state index is 13.8. The quantitative estimate of drug-likeness (QED) is 0.289. The number of halogens is 1. The van der Waals surface area contributed by atoms with Gasteiger partial charge in [0.25, 0.3) is 5.91 Å². The largest absolute Gasteiger partial charge is 0.279 e. The van der Waals surface area contributed by atoms with Crippen molar-refractivity contribution in [2.75, 3.05) is 18.0 Å². The third-order valence-electron chi connectivity index (χ3n) is 6.48. The molecule has 7 nitrogen and oxygen atoms in total. The molecule has 0 unspecified atom stereocenters. The van der Waals surface area contributed by atoms with Crippen molar-refractivity contribution >= 4 is 54.2 Å². The number of pyridine rings is 1. The second-order valence-electron chi connectivity index (χ2n) is 9.16. The summed E-state index contributed by atoms with van der Waals surface area (Å²) in [4.78, 5) is 24.5. The number of fused-ring (bicyclic) bond motifs is 1. The first-order valence-electron chi connectivity index (χ1n) is 12.2. The summed E-state index contributed by atoms with van der Waals surface area (Å²) in [6, 6.07) is 13.6. The summed E-state index contributed by atoms with van der Waals surface area (Å²) in [5, 5.41) is 1.15. The topological polar surface area (TPSA) is 83.5 Å². The minimum atomic E-state index is -3.60. The molecule has 2 aromatic heterocycles. The third kappa shape index (κ3) is 5.55. The average Bonchev–Trinajstić information content (AvgIpc) is 3.12. The van der Waals surface area contributed by atoms with E-state index in [-0.39, 0.29) is 17.3 Å². The van der Waals surface area contributed by atoms with Gasteiger partial charge < -0.3 is 0 Å². The molecule has 2 aromatic carbocycles. The van der Waals surface area contributed by atoms with E-state index in [1.807, 2.05) is 31.2 Å². The molecule has 1 fully saturated rings. The zero-order valence-electron chi connectivity index (χ0n) is 20.4. The number of thiazole rings is 1. The van der Waals surface area contributed by atoms with E-state index < -0.39 is 10.0 Å². The van der Waals surface area contributed by atoms with Crippen LogP contribution in [-0.2, 0) is 16.6 Å². The van der Waals surface area contributed by atoms with Crippen LogP contribution in [0.2, 0.25) is 5.02 Å². The molecule has 1 amide bonds. The number of amides is 1. The SMILES string of the molecule is Cc1cc(Cl)cc2sc(N(Cc3cccnc3)C(=O)c3ccc(S(=O)(=O)N4CCCCCC4)cc3)nc12. The van der Waals surface area contributed by atoms with Crippen molar-refractivity contribution in [3.63, 3.8) is 0 Å². The smallest absolute Gasteiger partial charge is 0.260 e. The molecule has 4 aromatic rings. The molecule has 10 heteroatoms.